The van der Waals surface area contributed by atoms with E-state index < -0.39 is 30.2 Å². The number of carbonyl (C=O) groups is 1. The molecular weight excluding hydrogens is 306 g/mol. The Morgan fingerprint density at radius 3 is 2.30 bits per heavy atom. The van der Waals surface area contributed by atoms with E-state index in [1.54, 1.807) is 20.8 Å². The van der Waals surface area contributed by atoms with Crippen molar-refractivity contribution in [1.29, 1.82) is 0 Å². The molecule has 2 saturated heterocycles. The number of rotatable bonds is 1. The molecule has 2 aliphatic heterocycles. The third-order valence-electron chi connectivity index (χ3n) is 5.07. The highest BCUT2D eigenvalue weighted by atomic mass is 19.3. The monoisotopic (exact) mass is 332 g/mol. The normalized spacial score (nSPS) is 30.7. The fourth-order valence-corrected chi connectivity index (χ4v) is 4.09. The quantitative estimate of drug-likeness (QED) is 0.799. The predicted octanol–water partition coefficient (Wildman–Crippen LogP) is 2.09. The van der Waals surface area contributed by atoms with Crippen LogP contribution in [0.15, 0.2) is 0 Å². The number of aliphatic hydroxyl groups excluding tert-OH is 1. The summed E-state index contributed by atoms with van der Waals surface area (Å²) in [4.78, 5) is 14.9. The van der Waals surface area contributed by atoms with Crippen LogP contribution >= 0.6 is 0 Å². The lowest BCUT2D eigenvalue weighted by molar-refractivity contribution is -0.197. The van der Waals surface area contributed by atoms with Gasteiger partial charge >= 0.3 is 6.09 Å². The summed E-state index contributed by atoms with van der Waals surface area (Å²) < 4.78 is 34.2. The summed E-state index contributed by atoms with van der Waals surface area (Å²) in [7, 11) is 0. The summed E-state index contributed by atoms with van der Waals surface area (Å²) in [6.07, 6.45) is 0.784. The lowest BCUT2D eigenvalue weighted by Gasteiger charge is -2.61. The summed E-state index contributed by atoms with van der Waals surface area (Å²) in [6, 6.07) is -0.815. The molecule has 3 aliphatic rings. The van der Waals surface area contributed by atoms with Gasteiger partial charge in [-0.05, 0) is 40.0 Å². The third kappa shape index (κ3) is 3.31. The molecular formula is C16H26F2N2O3. The molecule has 0 aromatic carbocycles. The van der Waals surface area contributed by atoms with E-state index in [-0.39, 0.29) is 17.9 Å². The second-order valence-corrected chi connectivity index (χ2v) is 8.43. The number of nitrogens with zero attached hydrogens (tertiary/aromatic N) is 2. The SMILES string of the molecule is CC(C)(C)OC(=O)N1CCC(N2CC3(CC(O)C3)C2)C(F)(F)C1. The highest BCUT2D eigenvalue weighted by molar-refractivity contribution is 5.68. The molecule has 1 N–H and O–H groups in total. The molecule has 1 atom stereocenters. The van der Waals surface area contributed by atoms with Gasteiger partial charge < -0.3 is 14.7 Å². The molecule has 5 nitrogen and oxygen atoms in total. The molecule has 1 aliphatic carbocycles. The van der Waals surface area contributed by atoms with Crippen molar-refractivity contribution in [3.8, 4) is 0 Å². The molecule has 3 rings (SSSR count). The zero-order chi connectivity index (χ0) is 17.0. The van der Waals surface area contributed by atoms with Crippen LogP contribution in [0, 0.1) is 5.41 Å². The van der Waals surface area contributed by atoms with Gasteiger partial charge in [-0.3, -0.25) is 4.90 Å². The average Bonchev–Trinajstić information content (AvgIpc) is 2.29. The molecule has 132 valence electrons. The number of aliphatic hydroxyl groups is 1. The molecule has 2 heterocycles. The Bertz CT molecular complexity index is 478. The maximum Gasteiger partial charge on any atom is 0.410 e. The van der Waals surface area contributed by atoms with E-state index in [9.17, 15) is 18.7 Å². The van der Waals surface area contributed by atoms with Crippen molar-refractivity contribution in [2.24, 2.45) is 5.41 Å². The first-order valence-electron chi connectivity index (χ1n) is 8.28. The number of piperidine rings is 1. The minimum atomic E-state index is -2.93. The van der Waals surface area contributed by atoms with Crippen LogP contribution in [0.1, 0.15) is 40.0 Å². The number of hydrogen-bond donors (Lipinski definition) is 1. The summed E-state index contributed by atoms with van der Waals surface area (Å²) in [5.74, 6) is -2.93. The van der Waals surface area contributed by atoms with Gasteiger partial charge in [-0.1, -0.05) is 0 Å². The number of halogens is 2. The largest absolute Gasteiger partial charge is 0.444 e. The van der Waals surface area contributed by atoms with Gasteiger partial charge in [0, 0.05) is 25.0 Å². The second-order valence-electron chi connectivity index (χ2n) is 8.43. The first-order chi connectivity index (χ1) is 10.5. The average molecular weight is 332 g/mol. The van der Waals surface area contributed by atoms with E-state index in [0.717, 1.165) is 17.7 Å². The summed E-state index contributed by atoms with van der Waals surface area (Å²) in [5, 5.41) is 9.41. The van der Waals surface area contributed by atoms with Crippen molar-refractivity contribution >= 4 is 6.09 Å². The summed E-state index contributed by atoms with van der Waals surface area (Å²) >= 11 is 0. The van der Waals surface area contributed by atoms with Gasteiger partial charge in [0.1, 0.15) is 5.60 Å². The molecule has 3 fully saturated rings. The van der Waals surface area contributed by atoms with Crippen molar-refractivity contribution in [3.63, 3.8) is 0 Å². The van der Waals surface area contributed by atoms with Gasteiger partial charge in [0.05, 0.1) is 18.7 Å². The third-order valence-corrected chi connectivity index (χ3v) is 5.07. The van der Waals surface area contributed by atoms with Crippen LogP contribution in [-0.4, -0.2) is 70.8 Å². The van der Waals surface area contributed by atoms with Crippen LogP contribution in [-0.2, 0) is 4.74 Å². The molecule has 1 unspecified atom stereocenters. The van der Waals surface area contributed by atoms with Crippen molar-refractivity contribution < 1.29 is 23.4 Å². The lowest BCUT2D eigenvalue weighted by Crippen LogP contribution is -2.71. The molecule has 0 radical (unpaired) electrons. The van der Waals surface area contributed by atoms with Gasteiger partial charge in [0.15, 0.2) is 0 Å². The molecule has 1 amide bonds. The van der Waals surface area contributed by atoms with Gasteiger partial charge in [-0.2, -0.15) is 0 Å². The van der Waals surface area contributed by atoms with Crippen LogP contribution < -0.4 is 0 Å². The number of ether oxygens (including phenoxy) is 1. The van der Waals surface area contributed by atoms with E-state index >= 15 is 0 Å². The predicted molar refractivity (Wildman–Crippen MR) is 80.4 cm³/mol. The summed E-state index contributed by atoms with van der Waals surface area (Å²) in [6.45, 7) is 6.15. The Kier molecular flexibility index (Phi) is 3.87. The Labute approximate surface area is 135 Å². The molecule has 0 bridgehead atoms. The molecule has 0 aromatic heterocycles. The highest BCUT2D eigenvalue weighted by Gasteiger charge is 2.58. The maximum absolute atomic E-state index is 14.5. The Morgan fingerprint density at radius 1 is 1.22 bits per heavy atom. The zero-order valence-corrected chi connectivity index (χ0v) is 14.0. The molecule has 1 saturated carbocycles. The van der Waals surface area contributed by atoms with Crippen LogP contribution in [0.2, 0.25) is 0 Å². The minimum absolute atomic E-state index is 0.0673. The Hall–Kier alpha value is -0.950. The first-order valence-corrected chi connectivity index (χ1v) is 8.28. The molecule has 1 spiro atoms. The fourth-order valence-electron chi connectivity index (χ4n) is 4.09. The summed E-state index contributed by atoms with van der Waals surface area (Å²) in [5.41, 5.74) is -0.615. The van der Waals surface area contributed by atoms with Crippen LogP contribution in [0.25, 0.3) is 0 Å². The van der Waals surface area contributed by atoms with Gasteiger partial charge in [0.2, 0.25) is 0 Å². The van der Waals surface area contributed by atoms with Crippen molar-refractivity contribution in [2.75, 3.05) is 26.2 Å². The van der Waals surface area contributed by atoms with E-state index in [1.807, 2.05) is 4.90 Å². The van der Waals surface area contributed by atoms with Crippen LogP contribution in [0.5, 0.6) is 0 Å². The van der Waals surface area contributed by atoms with Crippen molar-refractivity contribution in [2.45, 2.75) is 63.7 Å². The number of carbonyl (C=O) groups excluding carboxylic acids is 1. The molecule has 7 heteroatoms. The molecule has 23 heavy (non-hydrogen) atoms. The highest BCUT2D eigenvalue weighted by Crippen LogP contribution is 2.50. The lowest BCUT2D eigenvalue weighted by atomic mass is 9.61. The van der Waals surface area contributed by atoms with Gasteiger partial charge in [-0.15, -0.1) is 0 Å². The van der Waals surface area contributed by atoms with Crippen molar-refractivity contribution in [1.82, 2.24) is 9.80 Å². The smallest absolute Gasteiger partial charge is 0.410 e. The minimum Gasteiger partial charge on any atom is -0.444 e. The zero-order valence-electron chi connectivity index (χ0n) is 14.0. The van der Waals surface area contributed by atoms with E-state index in [0.29, 0.717) is 19.6 Å². The number of hydrogen-bond acceptors (Lipinski definition) is 4. The number of likely N-dealkylation sites (tertiary alicyclic amines) is 2. The standard InChI is InChI=1S/C16H26F2N2O3/c1-14(2,3)23-13(22)19-5-4-12(16(17,18)10-19)20-8-15(9-20)6-11(21)7-15/h11-12,21H,4-10H2,1-3H3. The first kappa shape index (κ1) is 16.9. The Balaban J connectivity index is 1.55. The van der Waals surface area contributed by atoms with Gasteiger partial charge in [0.25, 0.3) is 5.92 Å². The Morgan fingerprint density at radius 2 is 1.83 bits per heavy atom. The number of alkyl halides is 2. The fraction of sp³-hybridized carbons (Fsp3) is 0.938. The van der Waals surface area contributed by atoms with Crippen LogP contribution in [0.4, 0.5) is 13.6 Å². The van der Waals surface area contributed by atoms with Gasteiger partial charge in [-0.25, -0.2) is 13.6 Å². The van der Waals surface area contributed by atoms with Crippen molar-refractivity contribution in [3.05, 3.63) is 0 Å². The second kappa shape index (κ2) is 5.28. The topological polar surface area (TPSA) is 53.0 Å². The van der Waals surface area contributed by atoms with E-state index in [1.165, 1.54) is 0 Å². The van der Waals surface area contributed by atoms with E-state index in [4.69, 9.17) is 4.74 Å². The molecule has 0 aromatic rings. The number of amides is 1. The maximum atomic E-state index is 14.5. The van der Waals surface area contributed by atoms with Crippen LogP contribution in [0.3, 0.4) is 0 Å². The van der Waals surface area contributed by atoms with E-state index in [2.05, 4.69) is 0 Å².